The number of hydrogen-bond donors (Lipinski definition) is 2. The number of benzene rings is 1. The lowest BCUT2D eigenvalue weighted by Gasteiger charge is -2.07. The van der Waals surface area contributed by atoms with Gasteiger partial charge in [0.2, 0.25) is 0 Å². The highest BCUT2D eigenvalue weighted by Crippen LogP contribution is 2.36. The highest BCUT2D eigenvalue weighted by molar-refractivity contribution is 9.10. The van der Waals surface area contributed by atoms with Crippen molar-refractivity contribution in [3.05, 3.63) is 58.1 Å². The Morgan fingerprint density at radius 3 is 2.27 bits per heavy atom. The molecule has 2 aromatic heterocycles. The van der Waals surface area contributed by atoms with Crippen LogP contribution in [0.15, 0.2) is 41.0 Å². The van der Waals surface area contributed by atoms with Crippen LogP contribution in [-0.2, 0) is 19.8 Å². The number of halogens is 4. The lowest BCUT2D eigenvalue weighted by molar-refractivity contribution is -0.144. The fraction of sp³-hybridized carbons (Fsp3) is 0.222. The minimum atomic E-state index is -4.70. The molecule has 2 N–H and O–H groups in total. The van der Waals surface area contributed by atoms with Gasteiger partial charge < -0.3 is 10.6 Å². The maximum Gasteiger partial charge on any atom is 0.434 e. The number of anilines is 2. The minimum Gasteiger partial charge on any atom is -0.321 e. The lowest BCUT2D eigenvalue weighted by Crippen LogP contribution is -2.18. The average Bonchev–Trinajstić information content (AvgIpc) is 3.22. The molecule has 0 bridgehead atoms. The number of carbonyl (C=O) groups is 2. The first-order valence-electron chi connectivity index (χ1n) is 8.66. The number of nitrogens with one attached hydrogen (secondary N) is 2. The molecule has 12 heteroatoms. The van der Waals surface area contributed by atoms with Crippen LogP contribution in [0.2, 0.25) is 0 Å². The molecule has 30 heavy (non-hydrogen) atoms. The topological polar surface area (TPSA) is 93.8 Å². The van der Waals surface area contributed by atoms with Crippen LogP contribution >= 0.6 is 15.9 Å². The van der Waals surface area contributed by atoms with Crippen LogP contribution in [0.25, 0.3) is 0 Å². The SMILES string of the molecule is CCn1cc(NC(=O)c2nn(C)c(C(F)(F)F)c2Br)c(C(=O)Nc2ccccc2)n1. The summed E-state index contributed by atoms with van der Waals surface area (Å²) in [5.41, 5.74) is -1.09. The number of para-hydroxylation sites is 1. The monoisotopic (exact) mass is 484 g/mol. The molecule has 0 spiro atoms. The quantitative estimate of drug-likeness (QED) is 0.573. The summed E-state index contributed by atoms with van der Waals surface area (Å²) in [4.78, 5) is 25.2. The molecular formula is C18H16BrF3N6O2. The van der Waals surface area contributed by atoms with E-state index in [2.05, 4.69) is 36.8 Å². The van der Waals surface area contributed by atoms with Crippen molar-refractivity contribution in [2.45, 2.75) is 19.6 Å². The molecular weight excluding hydrogens is 469 g/mol. The van der Waals surface area contributed by atoms with Crippen LogP contribution in [0.3, 0.4) is 0 Å². The van der Waals surface area contributed by atoms with Gasteiger partial charge in [-0.15, -0.1) is 0 Å². The number of hydrogen-bond acceptors (Lipinski definition) is 4. The molecule has 3 aromatic rings. The van der Waals surface area contributed by atoms with E-state index in [1.807, 2.05) is 0 Å². The van der Waals surface area contributed by atoms with E-state index in [-0.39, 0.29) is 11.4 Å². The first kappa shape index (κ1) is 21.6. The fourth-order valence-electron chi connectivity index (χ4n) is 2.69. The van der Waals surface area contributed by atoms with Crippen molar-refractivity contribution in [2.75, 3.05) is 10.6 Å². The van der Waals surface area contributed by atoms with Gasteiger partial charge in [0, 0.05) is 25.5 Å². The van der Waals surface area contributed by atoms with Gasteiger partial charge in [-0.1, -0.05) is 18.2 Å². The van der Waals surface area contributed by atoms with Gasteiger partial charge in [0.15, 0.2) is 17.1 Å². The standard InChI is InChI=1S/C18H16BrF3N6O2/c1-3-28-9-11(13(26-28)16(29)23-10-7-5-4-6-8-10)24-17(30)14-12(19)15(18(20,21)22)27(2)25-14/h4-9H,3H2,1-2H3,(H,23,29)(H,24,30). The van der Waals surface area contributed by atoms with Crippen LogP contribution in [0.1, 0.15) is 33.6 Å². The first-order chi connectivity index (χ1) is 14.1. The summed E-state index contributed by atoms with van der Waals surface area (Å²) in [5, 5.41) is 12.9. The largest absolute Gasteiger partial charge is 0.434 e. The maximum absolute atomic E-state index is 13.2. The van der Waals surface area contributed by atoms with E-state index < -0.39 is 33.9 Å². The first-order valence-corrected chi connectivity index (χ1v) is 9.46. The molecule has 0 saturated carbocycles. The summed E-state index contributed by atoms with van der Waals surface area (Å²) in [5.74, 6) is -1.50. The van der Waals surface area contributed by atoms with E-state index in [0.29, 0.717) is 16.9 Å². The second-order valence-electron chi connectivity index (χ2n) is 6.15. The Hall–Kier alpha value is -3.15. The van der Waals surface area contributed by atoms with Crippen molar-refractivity contribution in [1.82, 2.24) is 19.6 Å². The van der Waals surface area contributed by atoms with Crippen molar-refractivity contribution in [3.8, 4) is 0 Å². The van der Waals surface area contributed by atoms with Gasteiger partial charge >= 0.3 is 6.18 Å². The van der Waals surface area contributed by atoms with Crippen molar-refractivity contribution >= 4 is 39.1 Å². The third-order valence-corrected chi connectivity index (χ3v) is 4.80. The number of aryl methyl sites for hydroxylation is 2. The van der Waals surface area contributed by atoms with Crippen molar-refractivity contribution in [3.63, 3.8) is 0 Å². The predicted molar refractivity (Wildman–Crippen MR) is 106 cm³/mol. The molecule has 2 heterocycles. The Morgan fingerprint density at radius 2 is 1.70 bits per heavy atom. The Bertz CT molecular complexity index is 1090. The fourth-order valence-corrected chi connectivity index (χ4v) is 3.43. The highest BCUT2D eigenvalue weighted by Gasteiger charge is 2.39. The Kier molecular flexibility index (Phi) is 5.97. The molecule has 0 atom stereocenters. The van der Waals surface area contributed by atoms with Crippen LogP contribution in [0, 0.1) is 0 Å². The van der Waals surface area contributed by atoms with E-state index >= 15 is 0 Å². The van der Waals surface area contributed by atoms with Gasteiger partial charge in [-0.25, -0.2) is 0 Å². The molecule has 0 saturated heterocycles. The third-order valence-electron chi connectivity index (χ3n) is 4.05. The molecule has 0 fully saturated rings. The van der Waals surface area contributed by atoms with E-state index in [1.165, 1.54) is 10.9 Å². The van der Waals surface area contributed by atoms with E-state index in [1.54, 1.807) is 37.3 Å². The summed E-state index contributed by atoms with van der Waals surface area (Å²) in [6.07, 6.45) is -3.29. The van der Waals surface area contributed by atoms with E-state index in [9.17, 15) is 22.8 Å². The number of alkyl halides is 3. The van der Waals surface area contributed by atoms with Crippen LogP contribution in [-0.4, -0.2) is 31.4 Å². The zero-order chi connectivity index (χ0) is 22.1. The molecule has 8 nitrogen and oxygen atoms in total. The predicted octanol–water partition coefficient (Wildman–Crippen LogP) is 3.92. The van der Waals surface area contributed by atoms with Crippen LogP contribution < -0.4 is 10.6 Å². The molecule has 1 aromatic carbocycles. The molecule has 2 amide bonds. The zero-order valence-electron chi connectivity index (χ0n) is 15.8. The normalized spacial score (nSPS) is 11.4. The van der Waals surface area contributed by atoms with Gasteiger partial charge in [0.25, 0.3) is 11.8 Å². The zero-order valence-corrected chi connectivity index (χ0v) is 17.4. The summed E-state index contributed by atoms with van der Waals surface area (Å²) in [6, 6.07) is 8.61. The number of nitrogens with zero attached hydrogens (tertiary/aromatic N) is 4. The summed E-state index contributed by atoms with van der Waals surface area (Å²) in [7, 11) is 1.08. The van der Waals surface area contributed by atoms with Crippen molar-refractivity contribution in [2.24, 2.45) is 7.05 Å². The number of amides is 2. The molecule has 158 valence electrons. The molecule has 3 rings (SSSR count). The van der Waals surface area contributed by atoms with E-state index in [0.717, 1.165) is 7.05 Å². The molecule has 0 radical (unpaired) electrons. The maximum atomic E-state index is 13.2. The smallest absolute Gasteiger partial charge is 0.321 e. The molecule has 0 aliphatic carbocycles. The van der Waals surface area contributed by atoms with Gasteiger partial charge in [-0.3, -0.25) is 19.0 Å². The summed E-state index contributed by atoms with van der Waals surface area (Å²) >= 11 is 2.80. The number of carbonyl (C=O) groups excluding carboxylic acids is 2. The Morgan fingerprint density at radius 1 is 1.07 bits per heavy atom. The summed E-state index contributed by atoms with van der Waals surface area (Å²) < 4.78 is 40.9. The van der Waals surface area contributed by atoms with Gasteiger partial charge in [0.05, 0.1) is 10.2 Å². The molecule has 0 aliphatic rings. The van der Waals surface area contributed by atoms with Crippen molar-refractivity contribution in [1.29, 1.82) is 0 Å². The van der Waals surface area contributed by atoms with Gasteiger partial charge in [-0.05, 0) is 35.0 Å². The van der Waals surface area contributed by atoms with Crippen LogP contribution in [0.5, 0.6) is 0 Å². The summed E-state index contributed by atoms with van der Waals surface area (Å²) in [6.45, 7) is 2.19. The average molecular weight is 485 g/mol. The van der Waals surface area contributed by atoms with Crippen molar-refractivity contribution < 1.29 is 22.8 Å². The van der Waals surface area contributed by atoms with Gasteiger partial charge in [0.1, 0.15) is 0 Å². The Labute approximate surface area is 177 Å². The molecule has 0 aliphatic heterocycles. The second kappa shape index (κ2) is 8.30. The second-order valence-corrected chi connectivity index (χ2v) is 6.95. The Balaban J connectivity index is 1.89. The minimum absolute atomic E-state index is 0.0430. The van der Waals surface area contributed by atoms with E-state index in [4.69, 9.17) is 0 Å². The highest BCUT2D eigenvalue weighted by atomic mass is 79.9. The molecule has 0 unspecified atom stereocenters. The number of aromatic nitrogens is 4. The third kappa shape index (κ3) is 4.37. The number of rotatable bonds is 5. The van der Waals surface area contributed by atoms with Gasteiger partial charge in [-0.2, -0.15) is 23.4 Å². The lowest BCUT2D eigenvalue weighted by atomic mass is 10.2. The van der Waals surface area contributed by atoms with Crippen LogP contribution in [0.4, 0.5) is 24.5 Å².